The van der Waals surface area contributed by atoms with Crippen molar-refractivity contribution in [1.29, 1.82) is 0 Å². The van der Waals surface area contributed by atoms with Gasteiger partial charge in [-0.15, -0.1) is 11.3 Å². The molecule has 1 amide bonds. The maximum atomic E-state index is 10.2. The number of hydrogen-bond acceptors (Lipinski definition) is 3. The number of nitrogens with one attached hydrogen (secondary N) is 1. The largest absolute Gasteiger partial charge is 0.353 e. The standard InChI is InChI=1S/C8H9N3OS/c1-6-7(2-10-5-12)11-4-9-3-8(11)13-6/h3-5H,2H2,1H3,(H,10,12). The molecule has 0 bridgehead atoms. The second-order valence-corrected chi connectivity index (χ2v) is 3.94. The van der Waals surface area contributed by atoms with Gasteiger partial charge in [0.25, 0.3) is 0 Å². The van der Waals surface area contributed by atoms with Crippen LogP contribution in [0.3, 0.4) is 0 Å². The van der Waals surface area contributed by atoms with E-state index in [2.05, 4.69) is 10.3 Å². The van der Waals surface area contributed by atoms with Gasteiger partial charge in [-0.3, -0.25) is 9.20 Å². The number of rotatable bonds is 3. The molecule has 0 radical (unpaired) electrons. The van der Waals surface area contributed by atoms with Gasteiger partial charge < -0.3 is 5.32 Å². The van der Waals surface area contributed by atoms with Crippen molar-refractivity contribution in [2.24, 2.45) is 0 Å². The van der Waals surface area contributed by atoms with Crippen LogP contribution in [0.1, 0.15) is 10.6 Å². The SMILES string of the molecule is Cc1sc2cncn2c1CNC=O. The summed E-state index contributed by atoms with van der Waals surface area (Å²) in [6, 6.07) is 0. The lowest BCUT2D eigenvalue weighted by Gasteiger charge is -1.98. The van der Waals surface area contributed by atoms with E-state index in [4.69, 9.17) is 0 Å². The van der Waals surface area contributed by atoms with Crippen molar-refractivity contribution in [3.63, 3.8) is 0 Å². The minimum absolute atomic E-state index is 0.561. The van der Waals surface area contributed by atoms with Crippen LogP contribution in [-0.2, 0) is 11.3 Å². The number of hydrogen-bond donors (Lipinski definition) is 1. The second-order valence-electron chi connectivity index (χ2n) is 2.71. The Balaban J connectivity index is 2.44. The number of thiazole rings is 1. The van der Waals surface area contributed by atoms with Crippen LogP contribution in [0.25, 0.3) is 4.83 Å². The Kier molecular flexibility index (Phi) is 2.02. The Morgan fingerprint density at radius 2 is 2.62 bits per heavy atom. The van der Waals surface area contributed by atoms with E-state index >= 15 is 0 Å². The molecule has 0 fully saturated rings. The molecule has 2 aromatic rings. The Labute approximate surface area is 79.2 Å². The summed E-state index contributed by atoms with van der Waals surface area (Å²) < 4.78 is 2.00. The fraction of sp³-hybridized carbons (Fsp3) is 0.250. The van der Waals surface area contributed by atoms with Crippen LogP contribution < -0.4 is 5.32 Å². The van der Waals surface area contributed by atoms with E-state index in [-0.39, 0.29) is 0 Å². The monoisotopic (exact) mass is 195 g/mol. The van der Waals surface area contributed by atoms with Gasteiger partial charge in [0.05, 0.1) is 18.4 Å². The minimum atomic E-state index is 0.561. The van der Waals surface area contributed by atoms with Crippen LogP contribution in [0.2, 0.25) is 0 Å². The number of amides is 1. The van der Waals surface area contributed by atoms with Crippen molar-refractivity contribution < 1.29 is 4.79 Å². The number of aromatic nitrogens is 2. The highest BCUT2D eigenvalue weighted by Gasteiger charge is 2.07. The van der Waals surface area contributed by atoms with Gasteiger partial charge in [-0.25, -0.2) is 4.98 Å². The van der Waals surface area contributed by atoms with Crippen LogP contribution in [0, 0.1) is 6.92 Å². The second kappa shape index (κ2) is 3.18. The van der Waals surface area contributed by atoms with Gasteiger partial charge >= 0.3 is 0 Å². The molecular formula is C8H9N3OS. The average Bonchev–Trinajstić information content (AvgIpc) is 2.62. The summed E-state index contributed by atoms with van der Waals surface area (Å²) >= 11 is 1.68. The van der Waals surface area contributed by atoms with Gasteiger partial charge in [-0.05, 0) is 6.92 Å². The Morgan fingerprint density at radius 3 is 3.38 bits per heavy atom. The lowest BCUT2D eigenvalue weighted by atomic mass is 10.4. The molecule has 0 aliphatic rings. The normalized spacial score (nSPS) is 10.5. The van der Waals surface area contributed by atoms with E-state index in [9.17, 15) is 4.79 Å². The van der Waals surface area contributed by atoms with Gasteiger partial charge in [0.2, 0.25) is 6.41 Å². The zero-order chi connectivity index (χ0) is 9.26. The van der Waals surface area contributed by atoms with Gasteiger partial charge in [0.15, 0.2) is 0 Å². The first-order valence-electron chi connectivity index (χ1n) is 3.90. The molecule has 2 aromatic heterocycles. The number of nitrogens with zero attached hydrogens (tertiary/aromatic N) is 2. The van der Waals surface area contributed by atoms with Crippen LogP contribution >= 0.6 is 11.3 Å². The summed E-state index contributed by atoms with van der Waals surface area (Å²) in [5.41, 5.74) is 1.10. The van der Waals surface area contributed by atoms with Crippen LogP contribution in [0.5, 0.6) is 0 Å². The van der Waals surface area contributed by atoms with E-state index in [1.54, 1.807) is 17.7 Å². The summed E-state index contributed by atoms with van der Waals surface area (Å²) in [4.78, 5) is 16.5. The van der Waals surface area contributed by atoms with Gasteiger partial charge in [0, 0.05) is 4.88 Å². The van der Waals surface area contributed by atoms with Crippen LogP contribution in [-0.4, -0.2) is 15.8 Å². The van der Waals surface area contributed by atoms with Crippen molar-refractivity contribution in [2.75, 3.05) is 0 Å². The number of aryl methyl sites for hydroxylation is 1. The van der Waals surface area contributed by atoms with Crippen molar-refractivity contribution in [3.05, 3.63) is 23.1 Å². The number of carbonyl (C=O) groups excluding carboxylic acids is 1. The molecule has 0 unspecified atom stereocenters. The van der Waals surface area contributed by atoms with E-state index < -0.39 is 0 Å². The predicted octanol–water partition coefficient (Wildman–Crippen LogP) is 0.950. The maximum Gasteiger partial charge on any atom is 0.207 e. The fourth-order valence-electron chi connectivity index (χ4n) is 1.29. The summed E-state index contributed by atoms with van der Waals surface area (Å²) in [6.07, 6.45) is 4.29. The highest BCUT2D eigenvalue weighted by atomic mass is 32.1. The molecule has 1 N–H and O–H groups in total. The molecule has 0 spiro atoms. The molecule has 0 aliphatic carbocycles. The van der Waals surface area contributed by atoms with E-state index in [0.717, 1.165) is 10.5 Å². The van der Waals surface area contributed by atoms with E-state index in [1.165, 1.54) is 4.88 Å². The summed E-state index contributed by atoms with van der Waals surface area (Å²) in [5, 5.41) is 2.65. The first-order valence-corrected chi connectivity index (χ1v) is 4.72. The van der Waals surface area contributed by atoms with Crippen molar-refractivity contribution in [3.8, 4) is 0 Å². The molecule has 2 rings (SSSR count). The molecule has 0 aliphatic heterocycles. The number of fused-ring (bicyclic) bond motifs is 1. The van der Waals surface area contributed by atoms with Crippen molar-refractivity contribution >= 4 is 22.6 Å². The third kappa shape index (κ3) is 1.31. The van der Waals surface area contributed by atoms with Crippen LogP contribution in [0.15, 0.2) is 12.5 Å². The smallest absolute Gasteiger partial charge is 0.207 e. The zero-order valence-electron chi connectivity index (χ0n) is 7.15. The van der Waals surface area contributed by atoms with Crippen molar-refractivity contribution in [1.82, 2.24) is 14.7 Å². The lowest BCUT2D eigenvalue weighted by molar-refractivity contribution is -0.109. The Morgan fingerprint density at radius 1 is 1.77 bits per heavy atom. The first kappa shape index (κ1) is 8.25. The molecule has 0 aromatic carbocycles. The minimum Gasteiger partial charge on any atom is -0.353 e. The summed E-state index contributed by atoms with van der Waals surface area (Å²) in [5.74, 6) is 0. The fourth-order valence-corrected chi connectivity index (χ4v) is 2.27. The molecule has 4 nitrogen and oxygen atoms in total. The molecule has 0 saturated carbocycles. The molecule has 13 heavy (non-hydrogen) atoms. The third-order valence-electron chi connectivity index (χ3n) is 1.91. The van der Waals surface area contributed by atoms with E-state index in [1.807, 2.05) is 17.5 Å². The lowest BCUT2D eigenvalue weighted by Crippen LogP contribution is -2.12. The van der Waals surface area contributed by atoms with Gasteiger partial charge in [-0.2, -0.15) is 0 Å². The summed E-state index contributed by atoms with van der Waals surface area (Å²) in [7, 11) is 0. The zero-order valence-corrected chi connectivity index (χ0v) is 7.97. The van der Waals surface area contributed by atoms with Gasteiger partial charge in [-0.1, -0.05) is 0 Å². The molecule has 2 heterocycles. The maximum absolute atomic E-state index is 10.2. The third-order valence-corrected chi connectivity index (χ3v) is 2.97. The first-order chi connectivity index (χ1) is 6.33. The quantitative estimate of drug-likeness (QED) is 0.741. The average molecular weight is 195 g/mol. The van der Waals surface area contributed by atoms with Gasteiger partial charge in [0.1, 0.15) is 11.2 Å². The molecule has 5 heteroatoms. The highest BCUT2D eigenvalue weighted by Crippen LogP contribution is 2.21. The predicted molar refractivity (Wildman–Crippen MR) is 50.7 cm³/mol. The number of carbonyl (C=O) groups is 1. The molecule has 0 atom stereocenters. The summed E-state index contributed by atoms with van der Waals surface area (Å²) in [6.45, 7) is 2.60. The molecular weight excluding hydrogens is 186 g/mol. The Bertz CT molecular complexity index is 431. The van der Waals surface area contributed by atoms with Crippen molar-refractivity contribution in [2.45, 2.75) is 13.5 Å². The Hall–Kier alpha value is -1.36. The highest BCUT2D eigenvalue weighted by molar-refractivity contribution is 7.17. The topological polar surface area (TPSA) is 46.4 Å². The number of imidazole rings is 1. The van der Waals surface area contributed by atoms with Crippen LogP contribution in [0.4, 0.5) is 0 Å². The van der Waals surface area contributed by atoms with E-state index in [0.29, 0.717) is 13.0 Å². The molecule has 68 valence electrons. The molecule has 0 saturated heterocycles.